The smallest absolute Gasteiger partial charge is 0.383 e. The number of alkyl halides is 6. The van der Waals surface area contributed by atoms with Crippen molar-refractivity contribution in [2.24, 2.45) is 0 Å². The molecule has 0 bridgehead atoms. The van der Waals surface area contributed by atoms with Gasteiger partial charge in [-0.25, -0.2) is 9.97 Å². The van der Waals surface area contributed by atoms with Gasteiger partial charge in [-0.2, -0.15) is 26.3 Å². The number of allylic oxidation sites excluding steroid dienone is 3. The second-order valence-electron chi connectivity index (χ2n) is 8.88. The summed E-state index contributed by atoms with van der Waals surface area (Å²) in [5.74, 6) is 0. The number of benzene rings is 1. The van der Waals surface area contributed by atoms with Gasteiger partial charge in [0.2, 0.25) is 0 Å². The minimum atomic E-state index is -4.81. The molecule has 0 atom stereocenters. The molecule has 41 heavy (non-hydrogen) atoms. The van der Waals surface area contributed by atoms with Crippen LogP contribution in [0.1, 0.15) is 17.0 Å². The number of hydrogen-bond donors (Lipinski definition) is 2. The summed E-state index contributed by atoms with van der Waals surface area (Å²) in [7, 11) is 3.12. The van der Waals surface area contributed by atoms with Crippen molar-refractivity contribution in [2.75, 3.05) is 45.8 Å². The van der Waals surface area contributed by atoms with Crippen LogP contribution in [0.15, 0.2) is 66.8 Å². The lowest BCUT2D eigenvalue weighted by atomic mass is 10.1. The number of ether oxygens (including phenoxy) is 2. The zero-order valence-electron chi connectivity index (χ0n) is 22.4. The van der Waals surface area contributed by atoms with E-state index in [9.17, 15) is 26.3 Å². The molecule has 2 heterocycles. The van der Waals surface area contributed by atoms with Crippen LogP contribution in [0.4, 0.5) is 37.7 Å². The van der Waals surface area contributed by atoms with Crippen molar-refractivity contribution in [1.29, 1.82) is 5.41 Å². The van der Waals surface area contributed by atoms with Crippen molar-refractivity contribution < 1.29 is 35.8 Å². The molecule has 1 aromatic carbocycles. The Hall–Kier alpha value is -3.81. The molecule has 0 spiro atoms. The molecule has 0 aliphatic heterocycles. The molecule has 0 aliphatic carbocycles. The molecule has 0 unspecified atom stereocenters. The van der Waals surface area contributed by atoms with Crippen LogP contribution in [0.5, 0.6) is 0 Å². The summed E-state index contributed by atoms with van der Waals surface area (Å²) in [4.78, 5) is 10.8. The Morgan fingerprint density at radius 3 is 2.15 bits per heavy atom. The van der Waals surface area contributed by atoms with Crippen molar-refractivity contribution in [1.82, 2.24) is 14.9 Å². The second-order valence-corrected chi connectivity index (χ2v) is 8.88. The Labute approximate surface area is 233 Å². The first-order valence-electron chi connectivity index (χ1n) is 12.3. The largest absolute Gasteiger partial charge is 0.418 e. The van der Waals surface area contributed by atoms with E-state index in [1.165, 1.54) is 24.3 Å². The minimum absolute atomic E-state index is 0.0534. The van der Waals surface area contributed by atoms with Crippen LogP contribution in [0.2, 0.25) is 0 Å². The summed E-state index contributed by atoms with van der Waals surface area (Å²) in [5, 5.41) is 11.6. The van der Waals surface area contributed by atoms with Crippen LogP contribution in [0.25, 0.3) is 11.0 Å². The van der Waals surface area contributed by atoms with Crippen molar-refractivity contribution in [2.45, 2.75) is 18.9 Å². The van der Waals surface area contributed by atoms with E-state index in [1.54, 1.807) is 20.3 Å². The fraction of sp³-hybridized carbons (Fsp3) is 0.321. The highest BCUT2D eigenvalue weighted by atomic mass is 19.4. The van der Waals surface area contributed by atoms with E-state index < -0.39 is 29.2 Å². The maximum atomic E-state index is 13.6. The third kappa shape index (κ3) is 8.59. The summed E-state index contributed by atoms with van der Waals surface area (Å²) < 4.78 is 90.2. The Balaban J connectivity index is 2.09. The zero-order valence-corrected chi connectivity index (χ0v) is 22.4. The number of fused-ring (bicyclic) bond motifs is 1. The molecule has 3 rings (SSSR count). The average Bonchev–Trinajstić information content (AvgIpc) is 2.91. The lowest BCUT2D eigenvalue weighted by Crippen LogP contribution is -2.30. The molecule has 220 valence electrons. The molecule has 0 amide bonds. The van der Waals surface area contributed by atoms with Gasteiger partial charge in [0.1, 0.15) is 0 Å². The van der Waals surface area contributed by atoms with Gasteiger partial charge in [-0.05, 0) is 48.5 Å². The van der Waals surface area contributed by atoms with Crippen LogP contribution in [-0.4, -0.2) is 67.3 Å². The number of methoxy groups -OCH3 is 2. The highest BCUT2D eigenvalue weighted by Gasteiger charge is 2.37. The van der Waals surface area contributed by atoms with Crippen molar-refractivity contribution in [3.05, 3.63) is 83.7 Å². The normalized spacial score (nSPS) is 12.7. The van der Waals surface area contributed by atoms with E-state index in [4.69, 9.17) is 14.9 Å². The van der Waals surface area contributed by atoms with Gasteiger partial charge in [0.05, 0.1) is 47.1 Å². The molecule has 0 saturated carbocycles. The standard InChI is InChI=1S/C28H29F6N5O2/c1-4-5-22(28(32,33)34)25(35)23-11-10-21-24(36-19-8-6-18(7-9-19)27(29,30)31)16-20(37-26(21)38-23)17-39(12-14-40-2)13-15-41-3/h4-11,16,35H,1,12-15,17H2,2-3H3,(H,36,37,38)/b22-5+,35-25?. The van der Waals surface area contributed by atoms with Crippen molar-refractivity contribution in [3.8, 4) is 0 Å². The van der Waals surface area contributed by atoms with Crippen LogP contribution in [0, 0.1) is 5.41 Å². The molecule has 7 nitrogen and oxygen atoms in total. The predicted molar refractivity (Wildman–Crippen MR) is 144 cm³/mol. The first-order valence-corrected chi connectivity index (χ1v) is 12.3. The molecule has 3 aromatic rings. The molecule has 0 radical (unpaired) electrons. The van der Waals surface area contributed by atoms with Gasteiger partial charge >= 0.3 is 12.4 Å². The topological polar surface area (TPSA) is 83.4 Å². The minimum Gasteiger partial charge on any atom is -0.383 e. The molecule has 0 aliphatic rings. The van der Waals surface area contributed by atoms with Crippen molar-refractivity contribution in [3.63, 3.8) is 0 Å². The Morgan fingerprint density at radius 2 is 1.61 bits per heavy atom. The quantitative estimate of drug-likeness (QED) is 0.136. The number of aromatic nitrogens is 2. The van der Waals surface area contributed by atoms with E-state index in [2.05, 4.69) is 21.9 Å². The Bertz CT molecular complexity index is 1380. The molecule has 0 fully saturated rings. The first kappa shape index (κ1) is 31.7. The van der Waals surface area contributed by atoms with Gasteiger partial charge in [-0.15, -0.1) is 0 Å². The van der Waals surface area contributed by atoms with Crippen LogP contribution in [0.3, 0.4) is 0 Å². The van der Waals surface area contributed by atoms with Gasteiger partial charge in [0.25, 0.3) is 0 Å². The molecule has 2 aromatic heterocycles. The fourth-order valence-corrected chi connectivity index (χ4v) is 3.89. The summed E-state index contributed by atoms with van der Waals surface area (Å²) in [5.41, 5.74) is -1.85. The van der Waals surface area contributed by atoms with E-state index in [0.717, 1.165) is 18.2 Å². The fourth-order valence-electron chi connectivity index (χ4n) is 3.89. The van der Waals surface area contributed by atoms with Crippen LogP contribution >= 0.6 is 0 Å². The van der Waals surface area contributed by atoms with Gasteiger partial charge < -0.3 is 14.8 Å². The number of anilines is 2. The molecule has 0 saturated heterocycles. The van der Waals surface area contributed by atoms with Gasteiger partial charge in [0.15, 0.2) is 5.65 Å². The van der Waals surface area contributed by atoms with E-state index in [0.29, 0.717) is 54.8 Å². The number of hydrogen-bond acceptors (Lipinski definition) is 7. The number of nitrogens with one attached hydrogen (secondary N) is 2. The van der Waals surface area contributed by atoms with E-state index >= 15 is 0 Å². The maximum Gasteiger partial charge on any atom is 0.418 e. The second kappa shape index (κ2) is 13.7. The lowest BCUT2D eigenvalue weighted by Gasteiger charge is -2.22. The highest BCUT2D eigenvalue weighted by molar-refractivity contribution is 6.11. The van der Waals surface area contributed by atoms with E-state index in [1.807, 2.05) is 4.90 Å². The van der Waals surface area contributed by atoms with E-state index in [-0.39, 0.29) is 17.9 Å². The van der Waals surface area contributed by atoms with Crippen LogP contribution < -0.4 is 5.32 Å². The maximum absolute atomic E-state index is 13.6. The molecule has 13 heteroatoms. The average molecular weight is 582 g/mol. The third-order valence-electron chi connectivity index (χ3n) is 5.94. The van der Waals surface area contributed by atoms with Crippen LogP contribution in [-0.2, 0) is 22.2 Å². The first-order chi connectivity index (χ1) is 19.4. The number of pyridine rings is 2. The lowest BCUT2D eigenvalue weighted by molar-refractivity contribution is -0.137. The summed E-state index contributed by atoms with van der Waals surface area (Å²) in [6.07, 6.45) is -7.67. The number of nitrogens with zero attached hydrogens (tertiary/aromatic N) is 3. The number of rotatable bonds is 13. The Morgan fingerprint density at radius 1 is 0.976 bits per heavy atom. The number of halogens is 6. The highest BCUT2D eigenvalue weighted by Crippen LogP contribution is 2.33. The summed E-state index contributed by atoms with van der Waals surface area (Å²) >= 11 is 0. The summed E-state index contributed by atoms with van der Waals surface area (Å²) in [6.45, 7) is 5.48. The third-order valence-corrected chi connectivity index (χ3v) is 5.94. The SMILES string of the molecule is C=C/C=C(\C(=N)c1ccc2c(Nc3ccc(C(F)(F)F)cc3)cc(CN(CCOC)CCOC)nc2n1)C(F)(F)F. The monoisotopic (exact) mass is 581 g/mol. The Kier molecular flexibility index (Phi) is 10.6. The molecular weight excluding hydrogens is 552 g/mol. The van der Waals surface area contributed by atoms with Gasteiger partial charge in [0, 0.05) is 44.9 Å². The summed E-state index contributed by atoms with van der Waals surface area (Å²) in [6, 6.07) is 8.83. The molecular formula is C28H29F6N5O2. The predicted octanol–water partition coefficient (Wildman–Crippen LogP) is 6.53. The molecule has 2 N–H and O–H groups in total. The zero-order chi connectivity index (χ0) is 30.2. The van der Waals surface area contributed by atoms with Gasteiger partial charge in [-0.3, -0.25) is 10.3 Å². The van der Waals surface area contributed by atoms with Gasteiger partial charge in [-0.1, -0.05) is 12.7 Å². The van der Waals surface area contributed by atoms with Crippen molar-refractivity contribution >= 4 is 28.1 Å².